The molecule has 0 fully saturated rings. The topological polar surface area (TPSA) is 42.0 Å². The molecule has 2 rings (SSSR count). The number of carbonyl (C=O) groups excluding carboxylic acids is 1. The third kappa shape index (κ3) is 4.17. The van der Waals surface area contributed by atoms with Gasteiger partial charge in [0.15, 0.2) is 0 Å². The maximum atomic E-state index is 11.6. The first kappa shape index (κ1) is 13.7. The van der Waals surface area contributed by atoms with Crippen LogP contribution in [-0.4, -0.2) is 10.9 Å². The number of nitrogens with zero attached hydrogens (tertiary/aromatic N) is 1. The van der Waals surface area contributed by atoms with Crippen LogP contribution >= 0.6 is 11.3 Å². The Morgan fingerprint density at radius 2 is 2.21 bits per heavy atom. The van der Waals surface area contributed by atoms with Crippen molar-refractivity contribution in [2.24, 2.45) is 5.92 Å². The van der Waals surface area contributed by atoms with Crippen LogP contribution in [0.25, 0.3) is 11.1 Å². The molecule has 0 unspecified atom stereocenters. The molecule has 0 aliphatic rings. The van der Waals surface area contributed by atoms with Crippen LogP contribution in [0.5, 0.6) is 0 Å². The van der Waals surface area contributed by atoms with E-state index in [9.17, 15) is 4.79 Å². The summed E-state index contributed by atoms with van der Waals surface area (Å²) in [5, 5.41) is 7.07. The molecule has 100 valence electrons. The van der Waals surface area contributed by atoms with Crippen LogP contribution in [0, 0.1) is 5.92 Å². The standard InChI is InChI=1S/C15H18N2OS/c1-11(2)5-15(18)17-8-12-6-14(9-16-7-12)13-3-4-19-10-13/h3-4,6-7,9-11H,5,8H2,1-2H3,(H,17,18). The zero-order valence-corrected chi connectivity index (χ0v) is 12.0. The van der Waals surface area contributed by atoms with E-state index < -0.39 is 0 Å². The summed E-state index contributed by atoms with van der Waals surface area (Å²) in [4.78, 5) is 15.8. The minimum Gasteiger partial charge on any atom is -0.352 e. The van der Waals surface area contributed by atoms with E-state index >= 15 is 0 Å². The van der Waals surface area contributed by atoms with Gasteiger partial charge in [-0.05, 0) is 39.9 Å². The van der Waals surface area contributed by atoms with Crippen LogP contribution in [0.15, 0.2) is 35.3 Å². The molecule has 2 aromatic heterocycles. The smallest absolute Gasteiger partial charge is 0.220 e. The fraction of sp³-hybridized carbons (Fsp3) is 0.333. The molecule has 0 atom stereocenters. The molecule has 0 radical (unpaired) electrons. The van der Waals surface area contributed by atoms with Gasteiger partial charge < -0.3 is 5.32 Å². The highest BCUT2D eigenvalue weighted by molar-refractivity contribution is 7.08. The predicted octanol–water partition coefficient (Wildman–Crippen LogP) is 3.47. The number of amides is 1. The van der Waals surface area contributed by atoms with Gasteiger partial charge in [-0.15, -0.1) is 0 Å². The van der Waals surface area contributed by atoms with E-state index in [1.165, 1.54) is 5.56 Å². The van der Waals surface area contributed by atoms with Gasteiger partial charge >= 0.3 is 0 Å². The van der Waals surface area contributed by atoms with E-state index in [2.05, 4.69) is 27.8 Å². The van der Waals surface area contributed by atoms with E-state index in [4.69, 9.17) is 0 Å². The Bertz CT molecular complexity index is 535. The average molecular weight is 274 g/mol. The van der Waals surface area contributed by atoms with Crippen molar-refractivity contribution in [3.63, 3.8) is 0 Å². The number of aromatic nitrogens is 1. The molecule has 0 bridgehead atoms. The Kier molecular flexibility index (Phi) is 4.68. The van der Waals surface area contributed by atoms with E-state index in [1.807, 2.05) is 25.4 Å². The Labute approximate surface area is 117 Å². The van der Waals surface area contributed by atoms with Gasteiger partial charge in [-0.3, -0.25) is 9.78 Å². The van der Waals surface area contributed by atoms with Crippen molar-refractivity contribution >= 4 is 17.2 Å². The third-order valence-corrected chi connectivity index (χ3v) is 3.42. The van der Waals surface area contributed by atoms with Gasteiger partial charge in [0.05, 0.1) is 0 Å². The van der Waals surface area contributed by atoms with Crippen LogP contribution < -0.4 is 5.32 Å². The van der Waals surface area contributed by atoms with E-state index in [0.717, 1.165) is 11.1 Å². The summed E-state index contributed by atoms with van der Waals surface area (Å²) in [6.07, 6.45) is 4.21. The largest absolute Gasteiger partial charge is 0.352 e. The molecule has 2 aromatic rings. The van der Waals surface area contributed by atoms with E-state index in [0.29, 0.717) is 18.9 Å². The lowest BCUT2D eigenvalue weighted by atomic mass is 10.1. The first-order chi connectivity index (χ1) is 9.15. The van der Waals surface area contributed by atoms with Crippen molar-refractivity contribution < 1.29 is 4.79 Å². The number of nitrogens with one attached hydrogen (secondary N) is 1. The molecule has 0 aromatic carbocycles. The first-order valence-electron chi connectivity index (χ1n) is 6.38. The minimum atomic E-state index is 0.0935. The molecule has 0 saturated carbocycles. The van der Waals surface area contributed by atoms with Crippen molar-refractivity contribution in [1.29, 1.82) is 0 Å². The molecule has 1 N–H and O–H groups in total. The van der Waals surface area contributed by atoms with E-state index in [-0.39, 0.29) is 5.91 Å². The SMILES string of the molecule is CC(C)CC(=O)NCc1cncc(-c2ccsc2)c1. The highest BCUT2D eigenvalue weighted by Gasteiger charge is 2.05. The summed E-state index contributed by atoms with van der Waals surface area (Å²) in [6.45, 7) is 4.62. The van der Waals surface area contributed by atoms with Gasteiger partial charge in [0.2, 0.25) is 5.91 Å². The van der Waals surface area contributed by atoms with Crippen LogP contribution in [0.4, 0.5) is 0 Å². The summed E-state index contributed by atoms with van der Waals surface area (Å²) >= 11 is 1.67. The first-order valence-corrected chi connectivity index (χ1v) is 7.32. The lowest BCUT2D eigenvalue weighted by molar-refractivity contribution is -0.121. The average Bonchev–Trinajstić information content (AvgIpc) is 2.90. The number of hydrogen-bond acceptors (Lipinski definition) is 3. The second-order valence-electron chi connectivity index (χ2n) is 4.97. The lowest BCUT2D eigenvalue weighted by Gasteiger charge is -2.08. The van der Waals surface area contributed by atoms with Gasteiger partial charge in [-0.2, -0.15) is 11.3 Å². The van der Waals surface area contributed by atoms with Gasteiger partial charge in [-0.25, -0.2) is 0 Å². The molecule has 0 aliphatic heterocycles. The quantitative estimate of drug-likeness (QED) is 0.907. The Morgan fingerprint density at radius 3 is 2.89 bits per heavy atom. The minimum absolute atomic E-state index is 0.0935. The van der Waals surface area contributed by atoms with Crippen molar-refractivity contribution in [2.75, 3.05) is 0 Å². The summed E-state index contributed by atoms with van der Waals surface area (Å²) in [5.41, 5.74) is 3.30. The number of pyridine rings is 1. The maximum Gasteiger partial charge on any atom is 0.220 e. The highest BCUT2D eigenvalue weighted by Crippen LogP contribution is 2.21. The number of rotatable bonds is 5. The van der Waals surface area contributed by atoms with Gasteiger partial charge in [0.25, 0.3) is 0 Å². The van der Waals surface area contributed by atoms with Gasteiger partial charge in [-0.1, -0.05) is 13.8 Å². The zero-order valence-electron chi connectivity index (χ0n) is 11.2. The van der Waals surface area contributed by atoms with E-state index in [1.54, 1.807) is 17.5 Å². The number of carbonyl (C=O) groups is 1. The molecule has 2 heterocycles. The zero-order chi connectivity index (χ0) is 13.7. The second-order valence-corrected chi connectivity index (χ2v) is 5.75. The molecular weight excluding hydrogens is 256 g/mol. The molecular formula is C15H18N2OS. The van der Waals surface area contributed by atoms with Gasteiger partial charge in [0.1, 0.15) is 0 Å². The van der Waals surface area contributed by atoms with Crippen molar-refractivity contribution in [2.45, 2.75) is 26.8 Å². The molecule has 0 spiro atoms. The molecule has 0 aliphatic carbocycles. The molecule has 4 heteroatoms. The third-order valence-electron chi connectivity index (χ3n) is 2.73. The Morgan fingerprint density at radius 1 is 1.37 bits per heavy atom. The molecule has 19 heavy (non-hydrogen) atoms. The monoisotopic (exact) mass is 274 g/mol. The summed E-state index contributed by atoms with van der Waals surface area (Å²) in [6, 6.07) is 4.15. The lowest BCUT2D eigenvalue weighted by Crippen LogP contribution is -2.23. The highest BCUT2D eigenvalue weighted by atomic mass is 32.1. The fourth-order valence-corrected chi connectivity index (χ4v) is 2.48. The normalized spacial score (nSPS) is 10.7. The maximum absolute atomic E-state index is 11.6. The molecule has 0 saturated heterocycles. The Balaban J connectivity index is 1.98. The summed E-state index contributed by atoms with van der Waals surface area (Å²) in [5.74, 6) is 0.478. The molecule has 1 amide bonds. The number of hydrogen-bond donors (Lipinski definition) is 1. The number of thiophene rings is 1. The van der Waals surface area contributed by atoms with Crippen LogP contribution in [0.3, 0.4) is 0 Å². The Hall–Kier alpha value is -1.68. The fourth-order valence-electron chi connectivity index (χ4n) is 1.81. The summed E-state index contributed by atoms with van der Waals surface area (Å²) < 4.78 is 0. The predicted molar refractivity (Wildman–Crippen MR) is 78.9 cm³/mol. The summed E-state index contributed by atoms with van der Waals surface area (Å²) in [7, 11) is 0. The molecule has 3 nitrogen and oxygen atoms in total. The van der Waals surface area contributed by atoms with Crippen LogP contribution in [0.1, 0.15) is 25.8 Å². The van der Waals surface area contributed by atoms with Crippen molar-refractivity contribution in [3.8, 4) is 11.1 Å². The second kappa shape index (κ2) is 6.48. The van der Waals surface area contributed by atoms with Crippen molar-refractivity contribution in [3.05, 3.63) is 40.8 Å². The van der Waals surface area contributed by atoms with Gasteiger partial charge in [0, 0.05) is 30.9 Å². The van der Waals surface area contributed by atoms with Crippen LogP contribution in [0.2, 0.25) is 0 Å². The van der Waals surface area contributed by atoms with Crippen molar-refractivity contribution in [1.82, 2.24) is 10.3 Å². The van der Waals surface area contributed by atoms with Crippen LogP contribution in [-0.2, 0) is 11.3 Å².